The first-order valence-electron chi connectivity index (χ1n) is 5.89. The second kappa shape index (κ2) is 5.65. The van der Waals surface area contributed by atoms with E-state index in [4.69, 9.17) is 46.4 Å². The van der Waals surface area contributed by atoms with Crippen LogP contribution in [-0.4, -0.2) is 9.55 Å². The van der Waals surface area contributed by atoms with Crippen LogP contribution in [0.3, 0.4) is 0 Å². The van der Waals surface area contributed by atoms with Gasteiger partial charge in [-0.05, 0) is 18.2 Å². The zero-order valence-electron chi connectivity index (χ0n) is 10.4. The van der Waals surface area contributed by atoms with E-state index in [1.807, 2.05) is 0 Å². The topological polar surface area (TPSA) is 17.8 Å². The summed E-state index contributed by atoms with van der Waals surface area (Å²) in [6, 6.07) is 7.98. The first kappa shape index (κ1) is 14.9. The first-order chi connectivity index (χ1) is 10.0. The molecule has 3 rings (SSSR count). The predicted molar refractivity (Wildman–Crippen MR) is 85.6 cm³/mol. The Kier molecular flexibility index (Phi) is 4.02. The fraction of sp³-hybridized carbons (Fsp3) is 0.0714. The smallest absolute Gasteiger partial charge is 0.144 e. The van der Waals surface area contributed by atoms with Crippen LogP contribution in [0.25, 0.3) is 16.7 Å². The maximum absolute atomic E-state index is 13.6. The van der Waals surface area contributed by atoms with Gasteiger partial charge in [0.15, 0.2) is 0 Å². The van der Waals surface area contributed by atoms with Gasteiger partial charge >= 0.3 is 0 Å². The van der Waals surface area contributed by atoms with Crippen molar-refractivity contribution >= 4 is 57.4 Å². The highest BCUT2D eigenvalue weighted by Crippen LogP contribution is 2.33. The Labute approximate surface area is 140 Å². The van der Waals surface area contributed by atoms with E-state index >= 15 is 0 Å². The summed E-state index contributed by atoms with van der Waals surface area (Å²) in [6.07, 6.45) is 0. The van der Waals surface area contributed by atoms with Gasteiger partial charge in [0.05, 0.1) is 37.7 Å². The fourth-order valence-corrected chi connectivity index (χ4v) is 2.86. The molecule has 0 spiro atoms. The summed E-state index contributed by atoms with van der Waals surface area (Å²) in [5.41, 5.74) is 1.68. The van der Waals surface area contributed by atoms with Gasteiger partial charge in [-0.1, -0.05) is 40.9 Å². The molecule has 1 heterocycles. The highest BCUT2D eigenvalue weighted by molar-refractivity contribution is 6.43. The second-order valence-corrected chi connectivity index (χ2v) is 5.78. The van der Waals surface area contributed by atoms with Crippen LogP contribution < -0.4 is 0 Å². The number of imidazole rings is 1. The van der Waals surface area contributed by atoms with Crippen molar-refractivity contribution in [1.29, 1.82) is 0 Å². The highest BCUT2D eigenvalue weighted by atomic mass is 35.5. The van der Waals surface area contributed by atoms with Gasteiger partial charge in [0, 0.05) is 6.07 Å². The van der Waals surface area contributed by atoms with Crippen LogP contribution in [0, 0.1) is 5.82 Å². The molecular formula is C14H7Cl4FN2. The molecule has 0 unspecified atom stereocenters. The normalized spacial score (nSPS) is 11.3. The Morgan fingerprint density at radius 3 is 2.57 bits per heavy atom. The largest absolute Gasteiger partial charge is 0.294 e. The SMILES string of the molecule is Fc1cc2nc(CCl)n(-c3cccc(Cl)c3Cl)c2cc1Cl. The Hall–Kier alpha value is -1.000. The van der Waals surface area contributed by atoms with Gasteiger partial charge < -0.3 is 0 Å². The molecule has 3 aromatic rings. The minimum atomic E-state index is -0.535. The van der Waals surface area contributed by atoms with Gasteiger partial charge in [0.25, 0.3) is 0 Å². The minimum Gasteiger partial charge on any atom is -0.294 e. The minimum absolute atomic E-state index is 0.00271. The summed E-state index contributed by atoms with van der Waals surface area (Å²) in [6.45, 7) is 0. The molecule has 0 amide bonds. The molecule has 0 aliphatic rings. The van der Waals surface area contributed by atoms with E-state index in [0.717, 1.165) is 0 Å². The molecule has 0 N–H and O–H groups in total. The highest BCUT2D eigenvalue weighted by Gasteiger charge is 2.17. The molecule has 0 aliphatic carbocycles. The predicted octanol–water partition coefficient (Wildman–Crippen LogP) is 5.86. The molecule has 0 atom stereocenters. The van der Waals surface area contributed by atoms with Crippen LogP contribution in [0.15, 0.2) is 30.3 Å². The first-order valence-corrected chi connectivity index (χ1v) is 7.56. The van der Waals surface area contributed by atoms with Crippen LogP contribution in [-0.2, 0) is 5.88 Å². The molecular weight excluding hydrogens is 357 g/mol. The van der Waals surface area contributed by atoms with E-state index in [1.54, 1.807) is 22.8 Å². The van der Waals surface area contributed by atoms with E-state index in [2.05, 4.69) is 4.98 Å². The summed E-state index contributed by atoms with van der Waals surface area (Å²) < 4.78 is 15.3. The van der Waals surface area contributed by atoms with Gasteiger partial charge in [-0.2, -0.15) is 0 Å². The molecule has 1 aromatic heterocycles. The third-order valence-corrected chi connectivity index (χ3v) is 4.40. The molecule has 108 valence electrons. The number of benzene rings is 2. The summed E-state index contributed by atoms with van der Waals surface area (Å²) in [4.78, 5) is 4.31. The molecule has 0 saturated carbocycles. The van der Waals surface area contributed by atoms with Gasteiger partial charge in [0.1, 0.15) is 11.6 Å². The summed E-state index contributed by atoms with van der Waals surface area (Å²) in [7, 11) is 0. The van der Waals surface area contributed by atoms with E-state index in [-0.39, 0.29) is 10.9 Å². The molecule has 2 aromatic carbocycles. The standard InChI is InChI=1S/C14H7Cl4FN2/c15-6-13-20-10-5-9(19)8(17)4-12(10)21(13)11-3-1-2-7(16)14(11)18/h1-5H,6H2. The van der Waals surface area contributed by atoms with E-state index in [0.29, 0.717) is 32.6 Å². The summed E-state index contributed by atoms with van der Waals surface area (Å²) in [5, 5.41) is 0.776. The quantitative estimate of drug-likeness (QED) is 0.521. The molecule has 21 heavy (non-hydrogen) atoms. The number of alkyl halides is 1. The zero-order chi connectivity index (χ0) is 15.1. The third-order valence-electron chi connectivity index (χ3n) is 3.06. The van der Waals surface area contributed by atoms with Gasteiger partial charge in [-0.25, -0.2) is 9.37 Å². The average molecular weight is 364 g/mol. The lowest BCUT2D eigenvalue weighted by Crippen LogP contribution is -2.00. The number of fused-ring (bicyclic) bond motifs is 1. The molecule has 0 radical (unpaired) electrons. The summed E-state index contributed by atoms with van der Waals surface area (Å²) in [5.74, 6) is 0.126. The lowest BCUT2D eigenvalue weighted by molar-refractivity contribution is 0.630. The number of aromatic nitrogens is 2. The Balaban J connectivity index is 2.40. The van der Waals surface area contributed by atoms with Crippen molar-refractivity contribution in [2.24, 2.45) is 0 Å². The molecule has 0 saturated heterocycles. The van der Waals surface area contributed by atoms with Crippen molar-refractivity contribution in [3.05, 3.63) is 57.0 Å². The zero-order valence-corrected chi connectivity index (χ0v) is 13.4. The van der Waals surface area contributed by atoms with E-state index in [1.165, 1.54) is 12.1 Å². The maximum Gasteiger partial charge on any atom is 0.144 e. The van der Waals surface area contributed by atoms with Crippen molar-refractivity contribution in [2.75, 3.05) is 0 Å². The lowest BCUT2D eigenvalue weighted by Gasteiger charge is -2.11. The third kappa shape index (κ3) is 2.49. The van der Waals surface area contributed by atoms with E-state index in [9.17, 15) is 4.39 Å². The van der Waals surface area contributed by atoms with Crippen molar-refractivity contribution < 1.29 is 4.39 Å². The maximum atomic E-state index is 13.6. The van der Waals surface area contributed by atoms with Crippen molar-refractivity contribution in [2.45, 2.75) is 5.88 Å². The van der Waals surface area contributed by atoms with Crippen molar-refractivity contribution in [3.8, 4) is 5.69 Å². The average Bonchev–Trinajstić information content (AvgIpc) is 2.80. The fourth-order valence-electron chi connectivity index (χ4n) is 2.15. The Bertz CT molecular complexity index is 845. The van der Waals surface area contributed by atoms with Crippen LogP contribution in [0.5, 0.6) is 0 Å². The Morgan fingerprint density at radius 2 is 1.86 bits per heavy atom. The van der Waals surface area contributed by atoms with Crippen molar-refractivity contribution in [1.82, 2.24) is 9.55 Å². The molecule has 0 aliphatic heterocycles. The number of rotatable bonds is 2. The van der Waals surface area contributed by atoms with Crippen LogP contribution in [0.4, 0.5) is 4.39 Å². The molecule has 0 bridgehead atoms. The summed E-state index contributed by atoms with van der Waals surface area (Å²) >= 11 is 24.1. The molecule has 7 heteroatoms. The van der Waals surface area contributed by atoms with Crippen molar-refractivity contribution in [3.63, 3.8) is 0 Å². The second-order valence-electron chi connectivity index (χ2n) is 4.33. The number of hydrogen-bond acceptors (Lipinski definition) is 1. The number of hydrogen-bond donors (Lipinski definition) is 0. The van der Waals surface area contributed by atoms with Gasteiger partial charge in [-0.15, -0.1) is 11.6 Å². The number of nitrogens with zero attached hydrogens (tertiary/aromatic N) is 2. The van der Waals surface area contributed by atoms with Gasteiger partial charge in [0.2, 0.25) is 0 Å². The van der Waals surface area contributed by atoms with Crippen LogP contribution in [0.2, 0.25) is 15.1 Å². The molecule has 0 fully saturated rings. The van der Waals surface area contributed by atoms with Gasteiger partial charge in [-0.3, -0.25) is 4.57 Å². The molecule has 2 nitrogen and oxygen atoms in total. The van der Waals surface area contributed by atoms with Crippen LogP contribution >= 0.6 is 46.4 Å². The van der Waals surface area contributed by atoms with Crippen LogP contribution in [0.1, 0.15) is 5.82 Å². The lowest BCUT2D eigenvalue weighted by atomic mass is 10.2. The number of halogens is 5. The monoisotopic (exact) mass is 362 g/mol. The Morgan fingerprint density at radius 1 is 1.10 bits per heavy atom. The van der Waals surface area contributed by atoms with E-state index < -0.39 is 5.82 Å².